The van der Waals surface area contributed by atoms with Crippen molar-refractivity contribution in [3.8, 4) is 0 Å². The Morgan fingerprint density at radius 2 is 1.78 bits per heavy atom. The van der Waals surface area contributed by atoms with Crippen LogP contribution in [-0.4, -0.2) is 46.5 Å². The molecular weight excluding hydrogens is 238 g/mol. The van der Waals surface area contributed by atoms with Crippen LogP contribution in [0.2, 0.25) is 0 Å². The topological polar surface area (TPSA) is 83.9 Å². The van der Waals surface area contributed by atoms with Gasteiger partial charge < -0.3 is 9.84 Å². The van der Waals surface area contributed by atoms with E-state index in [1.54, 1.807) is 0 Å². The zero-order chi connectivity index (χ0) is 13.1. The van der Waals surface area contributed by atoms with Crippen molar-refractivity contribution in [2.24, 2.45) is 0 Å². The number of nitrogens with zero attached hydrogens (tertiary/aromatic N) is 1. The van der Waals surface area contributed by atoms with E-state index in [2.05, 4.69) is 0 Å². The van der Waals surface area contributed by atoms with Crippen molar-refractivity contribution in [2.45, 2.75) is 50.7 Å². The van der Waals surface area contributed by atoms with Gasteiger partial charge in [-0.3, -0.25) is 19.3 Å². The highest BCUT2D eigenvalue weighted by molar-refractivity contribution is 6.02. The largest absolute Gasteiger partial charge is 0.481 e. The standard InChI is InChI=1S/C12H17NO5/c14-10(15)4-2-1-3-7-13-11(16)8-5-6-9(18-8)12(13)17/h8-9H,1-7H2,(H,14,15). The maximum absolute atomic E-state index is 11.9. The summed E-state index contributed by atoms with van der Waals surface area (Å²) >= 11 is 0. The Morgan fingerprint density at radius 1 is 1.17 bits per heavy atom. The highest BCUT2D eigenvalue weighted by Gasteiger charge is 2.45. The number of unbranched alkanes of at least 4 members (excludes halogenated alkanes) is 2. The molecule has 6 nitrogen and oxygen atoms in total. The minimum Gasteiger partial charge on any atom is -0.481 e. The van der Waals surface area contributed by atoms with Crippen LogP contribution in [-0.2, 0) is 19.1 Å². The Hall–Kier alpha value is -1.43. The van der Waals surface area contributed by atoms with Crippen LogP contribution in [0.1, 0.15) is 38.5 Å². The molecule has 0 aromatic heterocycles. The molecular formula is C12H17NO5. The van der Waals surface area contributed by atoms with Crippen molar-refractivity contribution in [1.82, 2.24) is 4.90 Å². The lowest BCUT2D eigenvalue weighted by atomic mass is 10.1. The lowest BCUT2D eigenvalue weighted by Crippen LogP contribution is -2.51. The first-order valence-corrected chi connectivity index (χ1v) is 6.32. The normalized spacial score (nSPS) is 26.8. The van der Waals surface area contributed by atoms with E-state index < -0.39 is 18.2 Å². The minimum atomic E-state index is -0.813. The van der Waals surface area contributed by atoms with Crippen molar-refractivity contribution >= 4 is 17.8 Å². The van der Waals surface area contributed by atoms with Crippen LogP contribution in [0.4, 0.5) is 0 Å². The number of rotatable bonds is 6. The van der Waals surface area contributed by atoms with Gasteiger partial charge in [0.05, 0.1) is 0 Å². The molecule has 2 unspecified atom stereocenters. The van der Waals surface area contributed by atoms with E-state index in [-0.39, 0.29) is 18.2 Å². The number of carbonyl (C=O) groups excluding carboxylic acids is 2. The smallest absolute Gasteiger partial charge is 0.303 e. The second-order valence-corrected chi connectivity index (χ2v) is 4.72. The molecule has 2 saturated heterocycles. The summed E-state index contributed by atoms with van der Waals surface area (Å²) in [5.41, 5.74) is 0. The van der Waals surface area contributed by atoms with Crippen LogP contribution in [0.15, 0.2) is 0 Å². The summed E-state index contributed by atoms with van der Waals surface area (Å²) in [5.74, 6) is -1.27. The third kappa shape index (κ3) is 2.69. The fraction of sp³-hybridized carbons (Fsp3) is 0.750. The monoisotopic (exact) mass is 255 g/mol. The van der Waals surface area contributed by atoms with Gasteiger partial charge in [-0.05, 0) is 25.7 Å². The van der Waals surface area contributed by atoms with Crippen LogP contribution in [0.3, 0.4) is 0 Å². The number of carboxylic acid groups (broad SMARTS) is 1. The number of aliphatic carboxylic acids is 1. The number of fused-ring (bicyclic) bond motifs is 2. The summed E-state index contributed by atoms with van der Waals surface area (Å²) in [6.45, 7) is 0.383. The quantitative estimate of drug-likeness (QED) is 0.553. The number of carboxylic acids is 1. The molecule has 0 aromatic rings. The molecule has 6 heteroatoms. The predicted molar refractivity (Wildman–Crippen MR) is 60.7 cm³/mol. The van der Waals surface area contributed by atoms with Crippen molar-refractivity contribution in [1.29, 1.82) is 0 Å². The summed E-state index contributed by atoms with van der Waals surface area (Å²) in [7, 11) is 0. The SMILES string of the molecule is O=C(O)CCCCCN1C(=O)C2CCC(O2)C1=O. The molecule has 2 aliphatic rings. The molecule has 2 amide bonds. The Labute approximate surface area is 105 Å². The first kappa shape index (κ1) is 13.0. The predicted octanol–water partition coefficient (Wildman–Crippen LogP) is 0.548. The van der Waals surface area contributed by atoms with Gasteiger partial charge in [-0.15, -0.1) is 0 Å². The average molecular weight is 255 g/mol. The van der Waals surface area contributed by atoms with E-state index >= 15 is 0 Å². The van der Waals surface area contributed by atoms with Crippen molar-refractivity contribution < 1.29 is 24.2 Å². The van der Waals surface area contributed by atoms with Crippen LogP contribution < -0.4 is 0 Å². The third-order valence-electron chi connectivity index (χ3n) is 3.37. The number of morpholine rings is 1. The maximum atomic E-state index is 11.9. The second kappa shape index (κ2) is 5.48. The zero-order valence-corrected chi connectivity index (χ0v) is 10.1. The van der Waals surface area contributed by atoms with Gasteiger partial charge in [-0.2, -0.15) is 0 Å². The van der Waals surface area contributed by atoms with Gasteiger partial charge in [-0.25, -0.2) is 0 Å². The lowest BCUT2D eigenvalue weighted by Gasteiger charge is -2.29. The van der Waals surface area contributed by atoms with E-state index in [1.807, 2.05) is 0 Å². The molecule has 18 heavy (non-hydrogen) atoms. The van der Waals surface area contributed by atoms with E-state index in [0.717, 1.165) is 0 Å². The number of hydrogen-bond acceptors (Lipinski definition) is 4. The van der Waals surface area contributed by atoms with Gasteiger partial charge in [-0.1, -0.05) is 6.42 Å². The number of ether oxygens (including phenoxy) is 1. The molecule has 2 aliphatic heterocycles. The van der Waals surface area contributed by atoms with Gasteiger partial charge in [0.15, 0.2) is 0 Å². The minimum absolute atomic E-state index is 0.135. The van der Waals surface area contributed by atoms with Crippen LogP contribution in [0.25, 0.3) is 0 Å². The average Bonchev–Trinajstić information content (AvgIpc) is 2.77. The van der Waals surface area contributed by atoms with Gasteiger partial charge >= 0.3 is 5.97 Å². The van der Waals surface area contributed by atoms with Crippen molar-refractivity contribution in [2.75, 3.05) is 6.54 Å². The van der Waals surface area contributed by atoms with E-state index in [1.165, 1.54) is 4.90 Å². The Morgan fingerprint density at radius 3 is 2.33 bits per heavy atom. The van der Waals surface area contributed by atoms with Crippen LogP contribution in [0.5, 0.6) is 0 Å². The molecule has 0 aliphatic carbocycles. The van der Waals surface area contributed by atoms with Gasteiger partial charge in [0.25, 0.3) is 11.8 Å². The second-order valence-electron chi connectivity index (χ2n) is 4.72. The molecule has 0 saturated carbocycles. The first-order valence-electron chi connectivity index (χ1n) is 6.32. The highest BCUT2D eigenvalue weighted by atomic mass is 16.5. The zero-order valence-electron chi connectivity index (χ0n) is 10.1. The maximum Gasteiger partial charge on any atom is 0.303 e. The van der Waals surface area contributed by atoms with Gasteiger partial charge in [0.1, 0.15) is 12.2 Å². The fourth-order valence-corrected chi connectivity index (χ4v) is 2.40. The molecule has 2 fully saturated rings. The van der Waals surface area contributed by atoms with E-state index in [0.29, 0.717) is 38.6 Å². The molecule has 2 atom stereocenters. The molecule has 2 bridgehead atoms. The number of likely N-dealkylation sites (tertiary alicyclic amines) is 1. The first-order chi connectivity index (χ1) is 8.59. The van der Waals surface area contributed by atoms with Gasteiger partial charge in [0.2, 0.25) is 0 Å². The Balaban J connectivity index is 1.76. The number of amides is 2. The van der Waals surface area contributed by atoms with Gasteiger partial charge in [0, 0.05) is 13.0 Å². The molecule has 1 N–H and O–H groups in total. The van der Waals surface area contributed by atoms with Crippen molar-refractivity contribution in [3.05, 3.63) is 0 Å². The summed E-state index contributed by atoms with van der Waals surface area (Å²) in [4.78, 5) is 35.3. The molecule has 2 heterocycles. The van der Waals surface area contributed by atoms with Crippen LogP contribution in [0, 0.1) is 0 Å². The van der Waals surface area contributed by atoms with E-state index in [9.17, 15) is 14.4 Å². The van der Waals surface area contributed by atoms with Crippen molar-refractivity contribution in [3.63, 3.8) is 0 Å². The Bertz CT molecular complexity index is 345. The summed E-state index contributed by atoms with van der Waals surface area (Å²) in [5, 5.41) is 8.49. The molecule has 0 aromatic carbocycles. The third-order valence-corrected chi connectivity index (χ3v) is 3.37. The molecule has 2 rings (SSSR count). The summed E-state index contributed by atoms with van der Waals surface area (Å²) in [6, 6.07) is 0. The number of imide groups is 1. The summed E-state index contributed by atoms with van der Waals surface area (Å²) < 4.78 is 5.29. The fourth-order valence-electron chi connectivity index (χ4n) is 2.40. The number of hydrogen-bond donors (Lipinski definition) is 1. The molecule has 0 spiro atoms. The van der Waals surface area contributed by atoms with E-state index in [4.69, 9.17) is 9.84 Å². The highest BCUT2D eigenvalue weighted by Crippen LogP contribution is 2.28. The Kier molecular flexibility index (Phi) is 3.96. The number of carbonyl (C=O) groups is 3. The lowest BCUT2D eigenvalue weighted by molar-refractivity contribution is -0.168. The van der Waals surface area contributed by atoms with Crippen LogP contribution >= 0.6 is 0 Å². The molecule has 100 valence electrons. The summed E-state index contributed by atoms with van der Waals surface area (Å²) in [6.07, 6.45) is 2.46. The molecule has 0 radical (unpaired) electrons.